The van der Waals surface area contributed by atoms with Gasteiger partial charge in [-0.2, -0.15) is 9.78 Å². The molecule has 0 N–H and O–H groups in total. The molecule has 1 amide bonds. The van der Waals surface area contributed by atoms with E-state index in [2.05, 4.69) is 41.2 Å². The van der Waals surface area contributed by atoms with Gasteiger partial charge in [0.05, 0.1) is 6.20 Å². The number of carbonyl (C=O) groups excluding carboxylic acids is 1. The molecule has 2 aliphatic heterocycles. The SMILES string of the molecule is Cc1cnn(C(=O)N2CCC3(CCN(Cc4ccccc4C)C3)C2)c1. The smallest absolute Gasteiger partial charge is 0.322 e. The summed E-state index contributed by atoms with van der Waals surface area (Å²) in [6, 6.07) is 8.65. The van der Waals surface area contributed by atoms with Gasteiger partial charge in [-0.15, -0.1) is 0 Å². The molecule has 5 heteroatoms. The first-order chi connectivity index (χ1) is 12.0. The van der Waals surface area contributed by atoms with Gasteiger partial charge in [-0.25, -0.2) is 4.79 Å². The zero-order chi connectivity index (χ0) is 17.4. The van der Waals surface area contributed by atoms with E-state index < -0.39 is 0 Å². The number of aromatic nitrogens is 2. The number of aryl methyl sites for hydroxylation is 2. The normalized spacial score (nSPS) is 23.7. The van der Waals surface area contributed by atoms with Gasteiger partial charge >= 0.3 is 6.03 Å². The van der Waals surface area contributed by atoms with Crippen molar-refractivity contribution in [3.05, 3.63) is 53.3 Å². The Balaban J connectivity index is 1.40. The summed E-state index contributed by atoms with van der Waals surface area (Å²) in [4.78, 5) is 17.2. The molecular formula is C20H26N4O. The third-order valence-electron chi connectivity index (χ3n) is 5.79. The number of nitrogens with zero attached hydrogens (tertiary/aromatic N) is 4. The van der Waals surface area contributed by atoms with E-state index in [1.807, 2.05) is 18.0 Å². The minimum atomic E-state index is 0.0160. The lowest BCUT2D eigenvalue weighted by atomic mass is 9.86. The fourth-order valence-corrected chi connectivity index (χ4v) is 4.28. The van der Waals surface area contributed by atoms with Crippen LogP contribution in [0.25, 0.3) is 0 Å². The Morgan fingerprint density at radius 3 is 2.72 bits per heavy atom. The standard InChI is InChI=1S/C20H26N4O/c1-16-11-21-24(12-16)19(25)23-10-8-20(15-23)7-9-22(14-20)13-18-6-4-3-5-17(18)2/h3-6,11-12H,7-10,13-15H2,1-2H3. The molecule has 0 saturated carbocycles. The van der Waals surface area contributed by atoms with Crippen LogP contribution in [0.1, 0.15) is 29.5 Å². The van der Waals surface area contributed by atoms with Crippen LogP contribution in [-0.2, 0) is 6.54 Å². The molecule has 25 heavy (non-hydrogen) atoms. The second-order valence-corrected chi connectivity index (χ2v) is 7.80. The van der Waals surface area contributed by atoms with Crippen LogP contribution in [0.15, 0.2) is 36.7 Å². The van der Waals surface area contributed by atoms with Gasteiger partial charge in [0.1, 0.15) is 0 Å². The highest BCUT2D eigenvalue weighted by Crippen LogP contribution is 2.40. The number of hydrogen-bond donors (Lipinski definition) is 0. The largest absolute Gasteiger partial charge is 0.344 e. The van der Waals surface area contributed by atoms with Gasteiger partial charge in [0.15, 0.2) is 0 Å². The van der Waals surface area contributed by atoms with Crippen molar-refractivity contribution < 1.29 is 4.79 Å². The second kappa shape index (κ2) is 6.30. The van der Waals surface area contributed by atoms with Gasteiger partial charge in [-0.1, -0.05) is 24.3 Å². The number of benzene rings is 1. The van der Waals surface area contributed by atoms with Crippen molar-refractivity contribution in [3.8, 4) is 0 Å². The van der Waals surface area contributed by atoms with Gasteiger partial charge in [0.2, 0.25) is 0 Å². The molecule has 4 rings (SSSR count). The average molecular weight is 338 g/mol. The van der Waals surface area contributed by atoms with Gasteiger partial charge < -0.3 is 4.90 Å². The number of hydrogen-bond acceptors (Lipinski definition) is 3. The van der Waals surface area contributed by atoms with Crippen LogP contribution >= 0.6 is 0 Å². The van der Waals surface area contributed by atoms with E-state index in [-0.39, 0.29) is 11.4 Å². The Labute approximate surface area is 149 Å². The summed E-state index contributed by atoms with van der Waals surface area (Å²) < 4.78 is 1.48. The topological polar surface area (TPSA) is 41.4 Å². The number of rotatable bonds is 2. The molecule has 1 unspecified atom stereocenters. The summed E-state index contributed by atoms with van der Waals surface area (Å²) in [6.07, 6.45) is 5.83. The maximum atomic E-state index is 12.6. The summed E-state index contributed by atoms with van der Waals surface area (Å²) in [5.74, 6) is 0. The first kappa shape index (κ1) is 16.3. The van der Waals surface area contributed by atoms with Crippen molar-refractivity contribution in [2.24, 2.45) is 5.41 Å². The molecule has 2 saturated heterocycles. The Morgan fingerprint density at radius 1 is 1.16 bits per heavy atom. The minimum Gasteiger partial charge on any atom is -0.322 e. The molecule has 5 nitrogen and oxygen atoms in total. The van der Waals surface area contributed by atoms with Gasteiger partial charge in [-0.05, 0) is 49.9 Å². The van der Waals surface area contributed by atoms with E-state index >= 15 is 0 Å². The summed E-state index contributed by atoms with van der Waals surface area (Å²) >= 11 is 0. The zero-order valence-corrected chi connectivity index (χ0v) is 15.1. The average Bonchev–Trinajstić information content (AvgIpc) is 3.31. The molecule has 2 aliphatic rings. The fraction of sp³-hybridized carbons (Fsp3) is 0.500. The van der Waals surface area contributed by atoms with Crippen LogP contribution in [0.2, 0.25) is 0 Å². The summed E-state index contributed by atoms with van der Waals surface area (Å²) in [5.41, 5.74) is 4.06. The molecule has 1 spiro atoms. The van der Waals surface area contributed by atoms with Gasteiger partial charge in [0, 0.05) is 37.8 Å². The zero-order valence-electron chi connectivity index (χ0n) is 15.1. The third-order valence-corrected chi connectivity index (χ3v) is 5.79. The van der Waals surface area contributed by atoms with E-state index in [4.69, 9.17) is 0 Å². The Morgan fingerprint density at radius 2 is 1.96 bits per heavy atom. The number of carbonyl (C=O) groups is 1. The predicted molar refractivity (Wildman–Crippen MR) is 97.5 cm³/mol. The van der Waals surface area contributed by atoms with Crippen LogP contribution in [0.4, 0.5) is 4.79 Å². The van der Waals surface area contributed by atoms with Crippen molar-refractivity contribution in [1.29, 1.82) is 0 Å². The first-order valence-electron chi connectivity index (χ1n) is 9.12. The number of likely N-dealkylation sites (tertiary alicyclic amines) is 2. The predicted octanol–water partition coefficient (Wildman–Crippen LogP) is 3.07. The van der Waals surface area contributed by atoms with Crippen LogP contribution in [0.3, 0.4) is 0 Å². The molecular weight excluding hydrogens is 312 g/mol. The maximum absolute atomic E-state index is 12.6. The van der Waals surface area contributed by atoms with Crippen molar-refractivity contribution in [3.63, 3.8) is 0 Å². The van der Waals surface area contributed by atoms with Gasteiger partial charge in [0.25, 0.3) is 0 Å². The van der Waals surface area contributed by atoms with E-state index in [1.54, 1.807) is 6.20 Å². The summed E-state index contributed by atoms with van der Waals surface area (Å²) in [7, 11) is 0. The van der Waals surface area contributed by atoms with Crippen molar-refractivity contribution in [2.75, 3.05) is 26.2 Å². The Kier molecular flexibility index (Phi) is 4.12. The molecule has 0 bridgehead atoms. The molecule has 0 radical (unpaired) electrons. The maximum Gasteiger partial charge on any atom is 0.344 e. The Hall–Kier alpha value is -2.14. The van der Waals surface area contributed by atoms with Crippen molar-refractivity contribution in [1.82, 2.24) is 19.6 Å². The van der Waals surface area contributed by atoms with E-state index in [9.17, 15) is 4.79 Å². The quantitative estimate of drug-likeness (QED) is 0.845. The first-order valence-corrected chi connectivity index (χ1v) is 9.12. The highest BCUT2D eigenvalue weighted by molar-refractivity contribution is 5.76. The van der Waals surface area contributed by atoms with Crippen LogP contribution in [0.5, 0.6) is 0 Å². The molecule has 2 aromatic rings. The highest BCUT2D eigenvalue weighted by atomic mass is 16.2. The van der Waals surface area contributed by atoms with E-state index in [1.165, 1.54) is 22.2 Å². The lowest BCUT2D eigenvalue weighted by Gasteiger charge is -2.25. The minimum absolute atomic E-state index is 0.0160. The summed E-state index contributed by atoms with van der Waals surface area (Å²) in [6.45, 7) is 9.07. The van der Waals surface area contributed by atoms with Crippen LogP contribution < -0.4 is 0 Å². The van der Waals surface area contributed by atoms with Crippen LogP contribution in [0, 0.1) is 19.3 Å². The molecule has 3 heterocycles. The van der Waals surface area contributed by atoms with Gasteiger partial charge in [-0.3, -0.25) is 4.90 Å². The lowest BCUT2D eigenvalue weighted by molar-refractivity contribution is 0.196. The molecule has 2 fully saturated rings. The van der Waals surface area contributed by atoms with Crippen LogP contribution in [-0.4, -0.2) is 51.8 Å². The second-order valence-electron chi connectivity index (χ2n) is 7.80. The number of amides is 1. The fourth-order valence-electron chi connectivity index (χ4n) is 4.28. The third kappa shape index (κ3) is 3.21. The highest BCUT2D eigenvalue weighted by Gasteiger charge is 2.44. The molecule has 1 aromatic heterocycles. The Bertz CT molecular complexity index is 784. The molecule has 1 aromatic carbocycles. The van der Waals surface area contributed by atoms with E-state index in [0.29, 0.717) is 0 Å². The molecule has 132 valence electrons. The molecule has 0 aliphatic carbocycles. The summed E-state index contributed by atoms with van der Waals surface area (Å²) in [5, 5.41) is 4.17. The van der Waals surface area contributed by atoms with Crippen molar-refractivity contribution >= 4 is 6.03 Å². The van der Waals surface area contributed by atoms with Crippen molar-refractivity contribution in [2.45, 2.75) is 33.2 Å². The lowest BCUT2D eigenvalue weighted by Crippen LogP contribution is -2.36. The molecule has 1 atom stereocenters. The van der Waals surface area contributed by atoms with E-state index in [0.717, 1.165) is 44.7 Å². The monoisotopic (exact) mass is 338 g/mol.